The lowest BCUT2D eigenvalue weighted by Crippen LogP contribution is -2.38. The first-order valence-corrected chi connectivity index (χ1v) is 15.6. The Morgan fingerprint density at radius 3 is 1.47 bits per heavy atom. The number of aromatic nitrogens is 2. The Hall–Kier alpha value is -5.73. The van der Waals surface area contributed by atoms with Crippen molar-refractivity contribution in [3.05, 3.63) is 187 Å². The molecule has 0 amide bonds. The summed E-state index contributed by atoms with van der Waals surface area (Å²) in [7, 11) is 0. The molecule has 45 heavy (non-hydrogen) atoms. The van der Waals surface area contributed by atoms with Crippen LogP contribution in [0.5, 0.6) is 0 Å². The largest absolute Gasteiger partial charge is 0.290 e. The molecule has 214 valence electrons. The minimum atomic E-state index is 0.740. The molecule has 0 spiro atoms. The fourth-order valence-electron chi connectivity index (χ4n) is 6.64. The van der Waals surface area contributed by atoms with Crippen molar-refractivity contribution in [3.8, 4) is 33.9 Å². The van der Waals surface area contributed by atoms with Gasteiger partial charge in [0, 0.05) is 11.1 Å². The third-order valence-corrected chi connectivity index (χ3v) is 8.71. The lowest BCUT2D eigenvalue weighted by Gasteiger charge is -2.09. The highest BCUT2D eigenvalue weighted by Crippen LogP contribution is 2.36. The second-order valence-electron chi connectivity index (χ2n) is 11.7. The summed E-state index contributed by atoms with van der Waals surface area (Å²) in [6.07, 6.45) is 0. The number of rotatable bonds is 7. The molecule has 0 N–H and O–H groups in total. The average molecular weight is 578 g/mol. The first-order chi connectivity index (χ1) is 22.3. The second-order valence-corrected chi connectivity index (χ2v) is 11.7. The smallest absolute Gasteiger partial charge is 0.218 e. The molecule has 8 aromatic rings. The molecule has 2 nitrogen and oxygen atoms in total. The van der Waals surface area contributed by atoms with Crippen molar-refractivity contribution in [1.82, 2.24) is 4.57 Å². The van der Waals surface area contributed by atoms with Crippen molar-refractivity contribution in [1.29, 1.82) is 0 Å². The summed E-state index contributed by atoms with van der Waals surface area (Å²) in [4.78, 5) is 0. The quantitative estimate of drug-likeness (QED) is 0.167. The molecular weight excluding hydrogens is 544 g/mol. The van der Waals surface area contributed by atoms with Gasteiger partial charge >= 0.3 is 0 Å². The highest BCUT2D eigenvalue weighted by atomic mass is 15.2. The first-order valence-electron chi connectivity index (χ1n) is 15.6. The van der Waals surface area contributed by atoms with Gasteiger partial charge in [0.15, 0.2) is 11.4 Å². The van der Waals surface area contributed by atoms with Gasteiger partial charge in [0.25, 0.3) is 5.82 Å². The Kier molecular flexibility index (Phi) is 7.01. The van der Waals surface area contributed by atoms with Gasteiger partial charge in [-0.15, -0.1) is 0 Å². The van der Waals surface area contributed by atoms with E-state index in [9.17, 15) is 0 Å². The number of fused-ring (bicyclic) bond motifs is 2. The molecule has 0 atom stereocenters. The maximum atomic E-state index is 2.54. The molecule has 0 saturated carbocycles. The van der Waals surface area contributed by atoms with Gasteiger partial charge in [-0.25, -0.2) is 9.13 Å². The molecule has 0 bridgehead atoms. The molecule has 8 rings (SSSR count). The Balaban J connectivity index is 1.43. The van der Waals surface area contributed by atoms with Gasteiger partial charge in [0.05, 0.1) is 5.56 Å². The molecule has 0 aliphatic carbocycles. The van der Waals surface area contributed by atoms with Crippen molar-refractivity contribution in [3.63, 3.8) is 0 Å². The van der Waals surface area contributed by atoms with Crippen LogP contribution < -0.4 is 4.57 Å². The van der Waals surface area contributed by atoms with Gasteiger partial charge in [-0.2, -0.15) is 0 Å². The molecule has 1 heterocycles. The second kappa shape index (κ2) is 11.7. The fourth-order valence-corrected chi connectivity index (χ4v) is 6.64. The normalized spacial score (nSPS) is 11.3. The van der Waals surface area contributed by atoms with Gasteiger partial charge in [0.2, 0.25) is 0 Å². The average Bonchev–Trinajstić information content (AvgIpc) is 3.42. The van der Waals surface area contributed by atoms with E-state index in [-0.39, 0.29) is 0 Å². The summed E-state index contributed by atoms with van der Waals surface area (Å²) in [6, 6.07) is 63.6. The number of hydrogen-bond donors (Lipinski definition) is 0. The standard InChI is InChI=1S/C43H33N2/c1-4-16-36(17-5-1)41-42(37-18-6-2-7-19-37)45(31-33-25-27-35-15-11-13-23-40(35)29-33)43(38-20-8-3-9-21-38)44(41)30-32-24-26-34-14-10-12-22-39(34)28-32/h1-29H,30-31H2/q+1. The van der Waals surface area contributed by atoms with Gasteiger partial charge in [-0.05, 0) is 56.9 Å². The minimum absolute atomic E-state index is 0.740. The van der Waals surface area contributed by atoms with Crippen LogP contribution in [-0.2, 0) is 13.1 Å². The van der Waals surface area contributed by atoms with Crippen molar-refractivity contribution >= 4 is 21.5 Å². The molecule has 0 fully saturated rings. The number of benzene rings is 7. The van der Waals surface area contributed by atoms with Crippen molar-refractivity contribution < 1.29 is 4.57 Å². The van der Waals surface area contributed by atoms with Crippen LogP contribution in [0.15, 0.2) is 176 Å². The van der Waals surface area contributed by atoms with Crippen LogP contribution >= 0.6 is 0 Å². The predicted molar refractivity (Wildman–Crippen MR) is 187 cm³/mol. The van der Waals surface area contributed by atoms with Crippen LogP contribution in [0.25, 0.3) is 55.4 Å². The summed E-state index contributed by atoms with van der Waals surface area (Å²) in [6.45, 7) is 1.48. The number of nitrogens with zero attached hydrogens (tertiary/aromatic N) is 2. The Bertz CT molecular complexity index is 2110. The van der Waals surface area contributed by atoms with E-state index in [0.717, 1.165) is 13.1 Å². The highest BCUT2D eigenvalue weighted by molar-refractivity contribution is 5.84. The fraction of sp³-hybridized carbons (Fsp3) is 0.0465. The molecule has 0 aliphatic rings. The monoisotopic (exact) mass is 577 g/mol. The molecule has 2 heteroatoms. The van der Waals surface area contributed by atoms with Crippen LogP contribution in [0.2, 0.25) is 0 Å². The Morgan fingerprint density at radius 1 is 0.400 bits per heavy atom. The summed E-state index contributed by atoms with van der Waals surface area (Å²) < 4.78 is 5.08. The maximum Gasteiger partial charge on any atom is 0.290 e. The van der Waals surface area contributed by atoms with Crippen molar-refractivity contribution in [2.45, 2.75) is 13.1 Å². The van der Waals surface area contributed by atoms with Gasteiger partial charge in [0.1, 0.15) is 13.1 Å². The predicted octanol–water partition coefficient (Wildman–Crippen LogP) is 10.2. The summed E-state index contributed by atoms with van der Waals surface area (Å²) in [5, 5.41) is 5.04. The van der Waals surface area contributed by atoms with Gasteiger partial charge < -0.3 is 0 Å². The van der Waals surface area contributed by atoms with E-state index in [4.69, 9.17) is 0 Å². The first kappa shape index (κ1) is 26.9. The van der Waals surface area contributed by atoms with Crippen LogP contribution in [0.3, 0.4) is 0 Å². The summed E-state index contributed by atoms with van der Waals surface area (Å²) >= 11 is 0. The summed E-state index contributed by atoms with van der Waals surface area (Å²) in [5.41, 5.74) is 8.58. The third kappa shape index (κ3) is 5.21. The third-order valence-electron chi connectivity index (χ3n) is 8.71. The van der Waals surface area contributed by atoms with Crippen LogP contribution in [0.1, 0.15) is 11.1 Å². The van der Waals surface area contributed by atoms with E-state index >= 15 is 0 Å². The zero-order valence-corrected chi connectivity index (χ0v) is 25.1. The Labute approximate surface area is 264 Å². The number of imidazole rings is 1. The van der Waals surface area contributed by atoms with E-state index in [1.54, 1.807) is 0 Å². The number of hydrogen-bond acceptors (Lipinski definition) is 0. The van der Waals surface area contributed by atoms with Crippen molar-refractivity contribution in [2.24, 2.45) is 0 Å². The molecule has 0 saturated heterocycles. The molecule has 0 radical (unpaired) electrons. The Morgan fingerprint density at radius 2 is 0.867 bits per heavy atom. The molecule has 1 aromatic heterocycles. The minimum Gasteiger partial charge on any atom is -0.218 e. The van der Waals surface area contributed by atoms with Crippen LogP contribution in [0, 0.1) is 0 Å². The lowest BCUT2D eigenvalue weighted by atomic mass is 10.0. The molecule has 0 unspecified atom stereocenters. The van der Waals surface area contributed by atoms with Gasteiger partial charge in [-0.1, -0.05) is 152 Å². The SMILES string of the molecule is c1ccc(-c2c(-c3ccccc3)[n+](Cc3ccc4ccccc4c3)c(-c3ccccc3)n2Cc2ccc3ccccc3c2)cc1. The molecular formula is C43H33N2+. The van der Waals surface area contributed by atoms with Crippen LogP contribution in [0.4, 0.5) is 0 Å². The highest BCUT2D eigenvalue weighted by Gasteiger charge is 2.33. The summed E-state index contributed by atoms with van der Waals surface area (Å²) in [5.74, 6) is 1.19. The van der Waals surface area contributed by atoms with E-state index in [1.165, 1.54) is 66.6 Å². The zero-order chi connectivity index (χ0) is 30.0. The zero-order valence-electron chi connectivity index (χ0n) is 25.1. The van der Waals surface area contributed by atoms with E-state index < -0.39 is 0 Å². The van der Waals surface area contributed by atoms with Gasteiger partial charge in [-0.3, -0.25) is 0 Å². The van der Waals surface area contributed by atoms with E-state index in [2.05, 4.69) is 185 Å². The van der Waals surface area contributed by atoms with Crippen LogP contribution in [-0.4, -0.2) is 4.57 Å². The van der Waals surface area contributed by atoms with E-state index in [0.29, 0.717) is 0 Å². The molecule has 7 aromatic carbocycles. The lowest BCUT2D eigenvalue weighted by molar-refractivity contribution is -0.665. The van der Waals surface area contributed by atoms with E-state index in [1.807, 2.05) is 0 Å². The topological polar surface area (TPSA) is 8.81 Å². The maximum absolute atomic E-state index is 2.54. The van der Waals surface area contributed by atoms with Crippen molar-refractivity contribution in [2.75, 3.05) is 0 Å². The molecule has 0 aliphatic heterocycles.